The highest BCUT2D eigenvalue weighted by molar-refractivity contribution is 8.00. The standard InChI is InChI=1S/C24H27N3O3S/c1-16(22(28)25-20-13-7-9-17-8-3-4-10-18(17)20)31-24-26-21-12-6-5-11-19(21)23(29)27(24)14-15-30-2/h3-6,8,10-12,16,20H,7,9,13-15H2,1-2H3,(H,25,28). The SMILES string of the molecule is COCCn1c(SC(C)C(=O)NC2CCCc3ccccc32)nc2ccccc2c1=O. The van der Waals surface area contributed by atoms with E-state index < -0.39 is 5.25 Å². The van der Waals surface area contributed by atoms with Crippen LogP contribution in [-0.4, -0.2) is 34.4 Å². The average molecular weight is 438 g/mol. The van der Waals surface area contributed by atoms with Gasteiger partial charge in [0.15, 0.2) is 5.16 Å². The molecule has 0 bridgehead atoms. The van der Waals surface area contributed by atoms with Crippen LogP contribution in [0.1, 0.15) is 36.9 Å². The number of aryl methyl sites for hydroxylation is 1. The van der Waals surface area contributed by atoms with Gasteiger partial charge >= 0.3 is 0 Å². The molecule has 2 atom stereocenters. The van der Waals surface area contributed by atoms with Crippen molar-refractivity contribution in [3.05, 3.63) is 70.0 Å². The van der Waals surface area contributed by atoms with Crippen LogP contribution in [0.5, 0.6) is 0 Å². The Labute approximate surface area is 186 Å². The molecule has 0 saturated heterocycles. The lowest BCUT2D eigenvalue weighted by Crippen LogP contribution is -2.36. The van der Waals surface area contributed by atoms with Gasteiger partial charge in [-0.3, -0.25) is 14.2 Å². The fourth-order valence-electron chi connectivity index (χ4n) is 4.02. The van der Waals surface area contributed by atoms with Crippen molar-refractivity contribution in [2.45, 2.75) is 49.2 Å². The highest BCUT2D eigenvalue weighted by Gasteiger charge is 2.25. The smallest absolute Gasteiger partial charge is 0.262 e. The van der Waals surface area contributed by atoms with Crippen LogP contribution in [0.3, 0.4) is 0 Å². The van der Waals surface area contributed by atoms with Gasteiger partial charge in [0, 0.05) is 7.11 Å². The molecule has 0 spiro atoms. The van der Waals surface area contributed by atoms with Crippen LogP contribution in [0.2, 0.25) is 0 Å². The van der Waals surface area contributed by atoms with Crippen LogP contribution in [0, 0.1) is 0 Å². The van der Waals surface area contributed by atoms with E-state index in [1.54, 1.807) is 17.7 Å². The summed E-state index contributed by atoms with van der Waals surface area (Å²) < 4.78 is 6.79. The summed E-state index contributed by atoms with van der Waals surface area (Å²) in [6.07, 6.45) is 3.05. The predicted molar refractivity (Wildman–Crippen MR) is 123 cm³/mol. The number of amides is 1. The van der Waals surface area contributed by atoms with E-state index in [-0.39, 0.29) is 17.5 Å². The van der Waals surface area contributed by atoms with Crippen molar-refractivity contribution >= 4 is 28.6 Å². The van der Waals surface area contributed by atoms with Crippen LogP contribution in [0.15, 0.2) is 58.5 Å². The number of carbonyl (C=O) groups is 1. The number of hydrogen-bond donors (Lipinski definition) is 1. The highest BCUT2D eigenvalue weighted by Crippen LogP contribution is 2.30. The number of para-hydroxylation sites is 1. The minimum Gasteiger partial charge on any atom is -0.383 e. The fourth-order valence-corrected chi connectivity index (χ4v) is 4.97. The minimum absolute atomic E-state index is 0.0285. The first-order valence-corrected chi connectivity index (χ1v) is 11.5. The molecule has 1 amide bonds. The van der Waals surface area contributed by atoms with Gasteiger partial charge in [0.05, 0.1) is 35.3 Å². The lowest BCUT2D eigenvalue weighted by atomic mass is 9.88. The molecule has 0 aliphatic heterocycles. The number of methoxy groups -OCH3 is 1. The third kappa shape index (κ3) is 4.67. The molecular formula is C24H27N3O3S. The number of aromatic nitrogens is 2. The van der Waals surface area contributed by atoms with Crippen LogP contribution >= 0.6 is 11.8 Å². The summed E-state index contributed by atoms with van der Waals surface area (Å²) in [5.74, 6) is -0.0487. The average Bonchev–Trinajstić information content (AvgIpc) is 2.79. The third-order valence-electron chi connectivity index (χ3n) is 5.68. The van der Waals surface area contributed by atoms with Gasteiger partial charge in [-0.25, -0.2) is 4.98 Å². The van der Waals surface area contributed by atoms with Gasteiger partial charge in [0.1, 0.15) is 0 Å². The van der Waals surface area contributed by atoms with Crippen LogP contribution < -0.4 is 10.9 Å². The van der Waals surface area contributed by atoms with Crippen LogP contribution in [-0.2, 0) is 22.5 Å². The first-order valence-electron chi connectivity index (χ1n) is 10.6. The molecule has 2 aromatic carbocycles. The second kappa shape index (κ2) is 9.66. The molecule has 4 rings (SSSR count). The molecule has 0 fully saturated rings. The maximum atomic E-state index is 13.0. The van der Waals surface area contributed by atoms with E-state index in [1.807, 2.05) is 37.3 Å². The van der Waals surface area contributed by atoms with Gasteiger partial charge < -0.3 is 10.1 Å². The fraction of sp³-hybridized carbons (Fsp3) is 0.375. The molecule has 2 unspecified atom stereocenters. The van der Waals surface area contributed by atoms with Crippen molar-refractivity contribution in [3.63, 3.8) is 0 Å². The molecule has 0 saturated carbocycles. The molecule has 3 aromatic rings. The number of hydrogen-bond acceptors (Lipinski definition) is 5. The van der Waals surface area contributed by atoms with E-state index in [0.717, 1.165) is 19.3 Å². The van der Waals surface area contributed by atoms with Gasteiger partial charge in [0.2, 0.25) is 5.91 Å². The molecule has 6 nitrogen and oxygen atoms in total. The van der Waals surface area contributed by atoms with Gasteiger partial charge in [0.25, 0.3) is 5.56 Å². The summed E-state index contributed by atoms with van der Waals surface area (Å²) in [7, 11) is 1.60. The maximum Gasteiger partial charge on any atom is 0.262 e. The van der Waals surface area contributed by atoms with Crippen molar-refractivity contribution in [2.24, 2.45) is 0 Å². The number of benzene rings is 2. The van der Waals surface area contributed by atoms with Crippen molar-refractivity contribution in [1.29, 1.82) is 0 Å². The molecule has 1 aliphatic rings. The summed E-state index contributed by atoms with van der Waals surface area (Å²) in [6.45, 7) is 2.64. The number of ether oxygens (including phenoxy) is 1. The molecule has 7 heteroatoms. The van der Waals surface area contributed by atoms with Crippen molar-refractivity contribution in [1.82, 2.24) is 14.9 Å². The highest BCUT2D eigenvalue weighted by atomic mass is 32.2. The Morgan fingerprint density at radius 2 is 2.03 bits per heavy atom. The van der Waals surface area contributed by atoms with Crippen molar-refractivity contribution in [2.75, 3.05) is 13.7 Å². The van der Waals surface area contributed by atoms with Crippen molar-refractivity contribution in [3.8, 4) is 0 Å². The van der Waals surface area contributed by atoms with Crippen LogP contribution in [0.25, 0.3) is 10.9 Å². The first-order chi connectivity index (χ1) is 15.1. The van der Waals surface area contributed by atoms with Gasteiger partial charge in [-0.2, -0.15) is 0 Å². The normalized spacial score (nSPS) is 16.6. The maximum absolute atomic E-state index is 13.0. The summed E-state index contributed by atoms with van der Waals surface area (Å²) in [5, 5.41) is 3.92. The number of nitrogens with zero attached hydrogens (tertiary/aromatic N) is 2. The molecule has 1 aromatic heterocycles. The number of fused-ring (bicyclic) bond motifs is 2. The Balaban J connectivity index is 1.56. The Morgan fingerprint density at radius 3 is 2.87 bits per heavy atom. The zero-order chi connectivity index (χ0) is 21.8. The van der Waals surface area contributed by atoms with E-state index in [1.165, 1.54) is 22.9 Å². The molecule has 162 valence electrons. The monoisotopic (exact) mass is 437 g/mol. The summed E-state index contributed by atoms with van der Waals surface area (Å²) in [5.41, 5.74) is 3.04. The number of thioether (sulfide) groups is 1. The molecule has 0 radical (unpaired) electrons. The minimum atomic E-state index is -0.393. The predicted octanol–water partition coefficient (Wildman–Crippen LogP) is 3.72. The van der Waals surface area contributed by atoms with E-state index in [9.17, 15) is 9.59 Å². The second-order valence-corrected chi connectivity index (χ2v) is 9.08. The second-order valence-electron chi connectivity index (χ2n) is 7.77. The summed E-state index contributed by atoms with van der Waals surface area (Å²) >= 11 is 1.31. The number of carbonyl (C=O) groups excluding carboxylic acids is 1. The molecule has 1 heterocycles. The summed E-state index contributed by atoms with van der Waals surface area (Å²) in [4.78, 5) is 30.7. The Morgan fingerprint density at radius 1 is 1.26 bits per heavy atom. The zero-order valence-electron chi connectivity index (χ0n) is 17.8. The van der Waals surface area contributed by atoms with E-state index in [2.05, 4.69) is 22.4 Å². The third-order valence-corrected chi connectivity index (χ3v) is 6.77. The Kier molecular flexibility index (Phi) is 6.73. The zero-order valence-corrected chi connectivity index (χ0v) is 18.7. The number of rotatable bonds is 7. The Bertz CT molecular complexity index is 1140. The number of nitrogens with one attached hydrogen (secondary N) is 1. The Hall–Kier alpha value is -2.64. The lowest BCUT2D eigenvalue weighted by molar-refractivity contribution is -0.121. The van der Waals surface area contributed by atoms with Gasteiger partial charge in [-0.15, -0.1) is 0 Å². The molecule has 1 aliphatic carbocycles. The van der Waals surface area contributed by atoms with E-state index in [0.29, 0.717) is 29.2 Å². The molecule has 1 N–H and O–H groups in total. The quantitative estimate of drug-likeness (QED) is 0.451. The van der Waals surface area contributed by atoms with Crippen molar-refractivity contribution < 1.29 is 9.53 Å². The first kappa shape index (κ1) is 21.6. The lowest BCUT2D eigenvalue weighted by Gasteiger charge is -2.27. The molecule has 31 heavy (non-hydrogen) atoms. The largest absolute Gasteiger partial charge is 0.383 e. The van der Waals surface area contributed by atoms with E-state index >= 15 is 0 Å². The summed E-state index contributed by atoms with van der Waals surface area (Å²) in [6, 6.07) is 15.6. The van der Waals surface area contributed by atoms with Gasteiger partial charge in [-0.05, 0) is 49.4 Å². The van der Waals surface area contributed by atoms with Gasteiger partial charge in [-0.1, -0.05) is 48.2 Å². The molecular weight excluding hydrogens is 410 g/mol. The van der Waals surface area contributed by atoms with Crippen LogP contribution in [0.4, 0.5) is 0 Å². The van der Waals surface area contributed by atoms with E-state index in [4.69, 9.17) is 4.74 Å². The topological polar surface area (TPSA) is 73.2 Å².